The Kier molecular flexibility index (Phi) is 7.09. The number of rotatable bonds is 8. The largest absolute Gasteiger partial charge is 0.378 e. The second kappa shape index (κ2) is 9.96. The maximum absolute atomic E-state index is 12.2. The van der Waals surface area contributed by atoms with Crippen molar-refractivity contribution in [1.82, 2.24) is 25.1 Å². The van der Waals surface area contributed by atoms with Gasteiger partial charge in [-0.2, -0.15) is 5.10 Å². The van der Waals surface area contributed by atoms with Crippen LogP contribution in [0.25, 0.3) is 11.0 Å². The van der Waals surface area contributed by atoms with E-state index < -0.39 is 0 Å². The van der Waals surface area contributed by atoms with Gasteiger partial charge in [-0.3, -0.25) is 4.79 Å². The van der Waals surface area contributed by atoms with Gasteiger partial charge in [-0.25, -0.2) is 14.6 Å². The lowest BCUT2D eigenvalue weighted by atomic mass is 10.0. The Morgan fingerprint density at radius 2 is 2.03 bits per heavy atom. The van der Waals surface area contributed by atoms with Gasteiger partial charge < -0.3 is 15.0 Å². The third-order valence-corrected chi connectivity index (χ3v) is 6.57. The first-order valence-electron chi connectivity index (χ1n) is 11.1. The Bertz CT molecular complexity index is 859. The van der Waals surface area contributed by atoms with Gasteiger partial charge in [-0.15, -0.1) is 0 Å². The highest BCUT2D eigenvalue weighted by Gasteiger charge is 2.21. The molecule has 1 saturated carbocycles. The third kappa shape index (κ3) is 5.24. The summed E-state index contributed by atoms with van der Waals surface area (Å²) in [4.78, 5) is 24.1. The Labute approximate surface area is 182 Å². The number of nitrogens with one attached hydrogen (secondary N) is 1. The number of hydrogen-bond acceptors (Lipinski definition) is 7. The molecule has 0 spiro atoms. The number of aromatic nitrogens is 4. The number of thioether (sulfide) groups is 1. The lowest BCUT2D eigenvalue weighted by Gasteiger charge is -2.28. The molecule has 0 aromatic carbocycles. The van der Waals surface area contributed by atoms with Crippen molar-refractivity contribution in [2.45, 2.75) is 62.9 Å². The number of morpholine rings is 1. The number of anilines is 1. The molecular weight excluding hydrogens is 400 g/mol. The van der Waals surface area contributed by atoms with E-state index in [1.807, 2.05) is 10.9 Å². The number of nitrogens with zero attached hydrogens (tertiary/aromatic N) is 5. The molecule has 3 heterocycles. The standard InChI is InChI=1S/C21H32N6O2S/c1-15(2)30-21-24-19(26-9-11-29-12-10-26)17-14-23-27(20(17)25-21)8-7-22-18(28)13-16-5-3-4-6-16/h14-16H,3-13H2,1-2H3,(H,22,28). The second-order valence-electron chi connectivity index (χ2n) is 8.41. The third-order valence-electron chi connectivity index (χ3n) is 5.70. The fraction of sp³-hybridized carbons (Fsp3) is 0.714. The van der Waals surface area contributed by atoms with Crippen molar-refractivity contribution in [3.63, 3.8) is 0 Å². The summed E-state index contributed by atoms with van der Waals surface area (Å²) in [6.07, 6.45) is 7.41. The van der Waals surface area contributed by atoms with Gasteiger partial charge in [0.2, 0.25) is 5.91 Å². The van der Waals surface area contributed by atoms with Crippen LogP contribution in [0.4, 0.5) is 5.82 Å². The summed E-state index contributed by atoms with van der Waals surface area (Å²) in [6.45, 7) is 8.50. The van der Waals surface area contributed by atoms with E-state index in [4.69, 9.17) is 14.7 Å². The van der Waals surface area contributed by atoms with Crippen LogP contribution in [0.3, 0.4) is 0 Å². The monoisotopic (exact) mass is 432 g/mol. The molecule has 0 atom stereocenters. The number of carbonyl (C=O) groups is 1. The quantitative estimate of drug-likeness (QED) is 0.507. The van der Waals surface area contributed by atoms with Crippen LogP contribution in [0.15, 0.2) is 11.4 Å². The van der Waals surface area contributed by atoms with E-state index in [2.05, 4.69) is 29.2 Å². The number of carbonyl (C=O) groups excluding carboxylic acids is 1. The molecule has 30 heavy (non-hydrogen) atoms. The smallest absolute Gasteiger partial charge is 0.220 e. The number of fused-ring (bicyclic) bond motifs is 1. The van der Waals surface area contributed by atoms with Crippen LogP contribution >= 0.6 is 11.8 Å². The fourth-order valence-electron chi connectivity index (χ4n) is 4.21. The molecule has 4 rings (SSSR count). The minimum atomic E-state index is 0.151. The predicted octanol–water partition coefficient (Wildman–Crippen LogP) is 2.86. The van der Waals surface area contributed by atoms with Gasteiger partial charge in [0.1, 0.15) is 5.82 Å². The van der Waals surface area contributed by atoms with Gasteiger partial charge in [0.05, 0.1) is 31.3 Å². The van der Waals surface area contributed by atoms with E-state index in [9.17, 15) is 4.79 Å². The SMILES string of the molecule is CC(C)Sc1nc(N2CCOCC2)c2cnn(CCNC(=O)CC3CCCC3)c2n1. The van der Waals surface area contributed by atoms with Crippen LogP contribution < -0.4 is 10.2 Å². The van der Waals surface area contributed by atoms with E-state index in [-0.39, 0.29) is 5.91 Å². The van der Waals surface area contributed by atoms with Crippen molar-refractivity contribution in [1.29, 1.82) is 0 Å². The molecule has 2 aliphatic rings. The average Bonchev–Trinajstić information content (AvgIpc) is 3.38. The van der Waals surface area contributed by atoms with Gasteiger partial charge in [-0.1, -0.05) is 38.5 Å². The van der Waals surface area contributed by atoms with Gasteiger partial charge in [-0.05, 0) is 18.8 Å². The molecule has 0 radical (unpaired) electrons. The first-order chi connectivity index (χ1) is 14.6. The molecule has 1 aliphatic carbocycles. The predicted molar refractivity (Wildman–Crippen MR) is 119 cm³/mol. The summed E-state index contributed by atoms with van der Waals surface area (Å²) in [7, 11) is 0. The molecule has 2 fully saturated rings. The highest BCUT2D eigenvalue weighted by atomic mass is 32.2. The molecule has 2 aromatic rings. The lowest BCUT2D eigenvalue weighted by Crippen LogP contribution is -2.37. The molecular formula is C21H32N6O2S. The lowest BCUT2D eigenvalue weighted by molar-refractivity contribution is -0.122. The van der Waals surface area contributed by atoms with Crippen LogP contribution in [0.5, 0.6) is 0 Å². The molecule has 164 valence electrons. The van der Waals surface area contributed by atoms with Crippen molar-refractivity contribution in [2.75, 3.05) is 37.7 Å². The highest BCUT2D eigenvalue weighted by molar-refractivity contribution is 7.99. The van der Waals surface area contributed by atoms with Crippen molar-refractivity contribution in [3.8, 4) is 0 Å². The van der Waals surface area contributed by atoms with Crippen LogP contribution in [0.2, 0.25) is 0 Å². The summed E-state index contributed by atoms with van der Waals surface area (Å²) in [5, 5.41) is 9.75. The highest BCUT2D eigenvalue weighted by Crippen LogP contribution is 2.29. The van der Waals surface area contributed by atoms with Crippen molar-refractivity contribution in [2.24, 2.45) is 5.92 Å². The van der Waals surface area contributed by atoms with Gasteiger partial charge >= 0.3 is 0 Å². The van der Waals surface area contributed by atoms with E-state index in [0.717, 1.165) is 35.1 Å². The molecule has 0 unspecified atom stereocenters. The minimum absolute atomic E-state index is 0.151. The summed E-state index contributed by atoms with van der Waals surface area (Å²) in [5.74, 6) is 1.65. The zero-order valence-electron chi connectivity index (χ0n) is 18.0. The van der Waals surface area contributed by atoms with Crippen LogP contribution in [-0.2, 0) is 16.1 Å². The maximum atomic E-state index is 12.2. The Morgan fingerprint density at radius 1 is 1.27 bits per heavy atom. The minimum Gasteiger partial charge on any atom is -0.378 e. The van der Waals surface area contributed by atoms with E-state index >= 15 is 0 Å². The molecule has 1 amide bonds. The molecule has 8 nitrogen and oxygen atoms in total. The summed E-state index contributed by atoms with van der Waals surface area (Å²) < 4.78 is 7.39. The van der Waals surface area contributed by atoms with E-state index in [0.29, 0.717) is 43.9 Å². The van der Waals surface area contributed by atoms with E-state index in [1.54, 1.807) is 11.8 Å². The van der Waals surface area contributed by atoms with Crippen LogP contribution in [0.1, 0.15) is 46.0 Å². The van der Waals surface area contributed by atoms with Crippen LogP contribution in [0, 0.1) is 5.92 Å². The average molecular weight is 433 g/mol. The molecule has 1 aliphatic heterocycles. The Balaban J connectivity index is 1.48. The van der Waals surface area contributed by atoms with Crippen molar-refractivity contribution < 1.29 is 9.53 Å². The molecule has 9 heteroatoms. The number of hydrogen-bond donors (Lipinski definition) is 1. The van der Waals surface area contributed by atoms with Gasteiger partial charge in [0.15, 0.2) is 10.8 Å². The topological polar surface area (TPSA) is 85.2 Å². The number of amides is 1. The first kappa shape index (κ1) is 21.4. The summed E-state index contributed by atoms with van der Waals surface area (Å²) >= 11 is 1.66. The number of ether oxygens (including phenoxy) is 1. The second-order valence-corrected chi connectivity index (χ2v) is 9.95. The van der Waals surface area contributed by atoms with Gasteiger partial charge in [0, 0.05) is 31.3 Å². The maximum Gasteiger partial charge on any atom is 0.220 e. The zero-order chi connectivity index (χ0) is 20.9. The van der Waals surface area contributed by atoms with E-state index in [1.165, 1.54) is 25.7 Å². The van der Waals surface area contributed by atoms with Crippen molar-refractivity contribution in [3.05, 3.63) is 6.20 Å². The molecule has 0 bridgehead atoms. The summed E-state index contributed by atoms with van der Waals surface area (Å²) in [5.41, 5.74) is 0.833. The molecule has 1 saturated heterocycles. The van der Waals surface area contributed by atoms with Crippen molar-refractivity contribution >= 4 is 34.5 Å². The summed E-state index contributed by atoms with van der Waals surface area (Å²) in [6, 6.07) is 0. The fourth-order valence-corrected chi connectivity index (χ4v) is 4.91. The first-order valence-corrected chi connectivity index (χ1v) is 12.0. The Morgan fingerprint density at radius 3 is 2.77 bits per heavy atom. The molecule has 2 aromatic heterocycles. The van der Waals surface area contributed by atoms with Gasteiger partial charge in [0.25, 0.3) is 0 Å². The van der Waals surface area contributed by atoms with Crippen LogP contribution in [-0.4, -0.2) is 63.8 Å². The normalized spacial score (nSPS) is 17.9. The molecule has 1 N–H and O–H groups in total. The Hall–Kier alpha value is -1.87. The zero-order valence-corrected chi connectivity index (χ0v) is 18.8.